The first-order valence-corrected chi connectivity index (χ1v) is 5.93. The fourth-order valence-electron chi connectivity index (χ4n) is 1.60. The van der Waals surface area contributed by atoms with Crippen molar-refractivity contribution < 1.29 is 14.6 Å². The lowest BCUT2D eigenvalue weighted by Crippen LogP contribution is -2.16. The van der Waals surface area contributed by atoms with Crippen LogP contribution in [0.3, 0.4) is 0 Å². The fraction of sp³-hybridized carbons (Fsp3) is 0.538. The zero-order chi connectivity index (χ0) is 12.5. The first kappa shape index (κ1) is 13.8. The standard InChI is InChI=1S/C13H21NO3/c1-3-17-13-11(10-14-8-5-9-15)6-4-7-12(13)16-2/h4,6-7,14-15H,3,5,8-10H2,1-2H3. The van der Waals surface area contributed by atoms with Crippen LogP contribution < -0.4 is 14.8 Å². The van der Waals surface area contributed by atoms with Gasteiger partial charge in [0.05, 0.1) is 13.7 Å². The van der Waals surface area contributed by atoms with Crippen molar-refractivity contribution in [2.45, 2.75) is 19.9 Å². The monoisotopic (exact) mass is 239 g/mol. The second kappa shape index (κ2) is 7.92. The minimum Gasteiger partial charge on any atom is -0.493 e. The van der Waals surface area contributed by atoms with Crippen LogP contribution >= 0.6 is 0 Å². The molecule has 0 saturated heterocycles. The number of para-hydroxylation sites is 1. The molecule has 4 heteroatoms. The normalized spacial score (nSPS) is 10.3. The molecular weight excluding hydrogens is 218 g/mol. The zero-order valence-electron chi connectivity index (χ0n) is 10.5. The third kappa shape index (κ3) is 4.24. The van der Waals surface area contributed by atoms with Crippen LogP contribution in [-0.2, 0) is 6.54 Å². The van der Waals surface area contributed by atoms with Gasteiger partial charge in [-0.3, -0.25) is 0 Å². The average molecular weight is 239 g/mol. The van der Waals surface area contributed by atoms with Gasteiger partial charge < -0.3 is 19.9 Å². The molecule has 17 heavy (non-hydrogen) atoms. The first-order chi connectivity index (χ1) is 8.33. The van der Waals surface area contributed by atoms with E-state index in [1.807, 2.05) is 25.1 Å². The third-order valence-electron chi connectivity index (χ3n) is 2.40. The number of aliphatic hydroxyl groups is 1. The molecule has 4 nitrogen and oxygen atoms in total. The lowest BCUT2D eigenvalue weighted by atomic mass is 10.2. The molecule has 1 rings (SSSR count). The molecular formula is C13H21NO3. The summed E-state index contributed by atoms with van der Waals surface area (Å²) < 4.78 is 10.9. The Hall–Kier alpha value is -1.26. The summed E-state index contributed by atoms with van der Waals surface area (Å²) >= 11 is 0. The Kier molecular flexibility index (Phi) is 6.43. The van der Waals surface area contributed by atoms with Gasteiger partial charge in [-0.1, -0.05) is 12.1 Å². The maximum absolute atomic E-state index is 8.70. The van der Waals surface area contributed by atoms with Crippen molar-refractivity contribution in [1.29, 1.82) is 0 Å². The van der Waals surface area contributed by atoms with E-state index in [2.05, 4.69) is 5.32 Å². The fourth-order valence-corrected chi connectivity index (χ4v) is 1.60. The minimum atomic E-state index is 0.212. The molecule has 0 saturated carbocycles. The quantitative estimate of drug-likeness (QED) is 0.676. The van der Waals surface area contributed by atoms with Gasteiger partial charge in [0.25, 0.3) is 0 Å². The highest BCUT2D eigenvalue weighted by atomic mass is 16.5. The smallest absolute Gasteiger partial charge is 0.165 e. The summed E-state index contributed by atoms with van der Waals surface area (Å²) in [7, 11) is 1.64. The summed E-state index contributed by atoms with van der Waals surface area (Å²) in [4.78, 5) is 0. The van der Waals surface area contributed by atoms with Gasteiger partial charge in [-0.15, -0.1) is 0 Å². The Balaban J connectivity index is 2.68. The van der Waals surface area contributed by atoms with Gasteiger partial charge in [-0.05, 0) is 26.0 Å². The van der Waals surface area contributed by atoms with Gasteiger partial charge in [0.15, 0.2) is 11.5 Å². The van der Waals surface area contributed by atoms with E-state index < -0.39 is 0 Å². The van der Waals surface area contributed by atoms with Gasteiger partial charge in [0, 0.05) is 18.7 Å². The number of benzene rings is 1. The van der Waals surface area contributed by atoms with Crippen LogP contribution in [0, 0.1) is 0 Å². The summed E-state index contributed by atoms with van der Waals surface area (Å²) in [6.07, 6.45) is 0.758. The number of hydrogen-bond donors (Lipinski definition) is 2. The highest BCUT2D eigenvalue weighted by molar-refractivity contribution is 5.46. The molecule has 0 spiro atoms. The first-order valence-electron chi connectivity index (χ1n) is 5.93. The summed E-state index contributed by atoms with van der Waals surface area (Å²) in [5.41, 5.74) is 1.07. The van der Waals surface area contributed by atoms with Crippen molar-refractivity contribution in [3.05, 3.63) is 23.8 Å². The van der Waals surface area contributed by atoms with E-state index in [0.717, 1.165) is 30.0 Å². The van der Waals surface area contributed by atoms with Gasteiger partial charge in [-0.2, -0.15) is 0 Å². The zero-order valence-corrected chi connectivity index (χ0v) is 10.5. The summed E-state index contributed by atoms with van der Waals surface area (Å²) in [6, 6.07) is 5.85. The number of rotatable bonds is 8. The van der Waals surface area contributed by atoms with Crippen LogP contribution in [0.1, 0.15) is 18.9 Å². The van der Waals surface area contributed by atoms with Crippen LogP contribution in [0.25, 0.3) is 0 Å². The second-order valence-corrected chi connectivity index (χ2v) is 3.64. The Bertz CT molecular complexity index is 328. The van der Waals surface area contributed by atoms with E-state index in [9.17, 15) is 0 Å². The molecule has 1 aromatic carbocycles. The Morgan fingerprint density at radius 1 is 1.35 bits per heavy atom. The Morgan fingerprint density at radius 3 is 2.82 bits per heavy atom. The van der Waals surface area contributed by atoms with E-state index >= 15 is 0 Å². The van der Waals surface area contributed by atoms with Gasteiger partial charge in [0.2, 0.25) is 0 Å². The number of aliphatic hydroxyl groups excluding tert-OH is 1. The largest absolute Gasteiger partial charge is 0.493 e. The molecule has 0 aromatic heterocycles. The van der Waals surface area contributed by atoms with Gasteiger partial charge in [0.1, 0.15) is 0 Å². The van der Waals surface area contributed by atoms with Crippen molar-refractivity contribution in [2.24, 2.45) is 0 Å². The second-order valence-electron chi connectivity index (χ2n) is 3.64. The Labute approximate surface area is 103 Å². The van der Waals surface area contributed by atoms with E-state index in [4.69, 9.17) is 14.6 Å². The lowest BCUT2D eigenvalue weighted by Gasteiger charge is -2.14. The average Bonchev–Trinajstić information content (AvgIpc) is 2.36. The van der Waals surface area contributed by atoms with E-state index in [0.29, 0.717) is 13.2 Å². The molecule has 0 radical (unpaired) electrons. The molecule has 0 bridgehead atoms. The molecule has 0 aliphatic carbocycles. The highest BCUT2D eigenvalue weighted by Crippen LogP contribution is 2.30. The predicted molar refractivity (Wildman–Crippen MR) is 67.6 cm³/mol. The van der Waals surface area contributed by atoms with Crippen LogP contribution in [0.5, 0.6) is 11.5 Å². The van der Waals surface area contributed by atoms with E-state index in [-0.39, 0.29) is 6.61 Å². The topological polar surface area (TPSA) is 50.7 Å². The summed E-state index contributed by atoms with van der Waals surface area (Å²) in [5.74, 6) is 1.56. The van der Waals surface area contributed by atoms with Crippen LogP contribution in [0.4, 0.5) is 0 Å². The molecule has 1 aromatic rings. The molecule has 0 unspecified atom stereocenters. The minimum absolute atomic E-state index is 0.212. The van der Waals surface area contributed by atoms with Crippen molar-refractivity contribution in [3.8, 4) is 11.5 Å². The van der Waals surface area contributed by atoms with Crippen LogP contribution in [0.15, 0.2) is 18.2 Å². The Morgan fingerprint density at radius 2 is 2.18 bits per heavy atom. The number of nitrogens with one attached hydrogen (secondary N) is 1. The molecule has 0 atom stereocenters. The summed E-state index contributed by atoms with van der Waals surface area (Å²) in [5, 5.41) is 12.0. The molecule has 0 fully saturated rings. The van der Waals surface area contributed by atoms with E-state index in [1.165, 1.54) is 0 Å². The number of hydrogen-bond acceptors (Lipinski definition) is 4. The van der Waals surface area contributed by atoms with Crippen LogP contribution in [-0.4, -0.2) is 32.0 Å². The van der Waals surface area contributed by atoms with Gasteiger partial charge >= 0.3 is 0 Å². The molecule has 2 N–H and O–H groups in total. The maximum atomic E-state index is 8.70. The molecule has 96 valence electrons. The van der Waals surface area contributed by atoms with Crippen molar-refractivity contribution in [1.82, 2.24) is 5.32 Å². The van der Waals surface area contributed by atoms with Crippen molar-refractivity contribution in [2.75, 3.05) is 26.9 Å². The number of methoxy groups -OCH3 is 1. The van der Waals surface area contributed by atoms with Crippen molar-refractivity contribution >= 4 is 0 Å². The summed E-state index contributed by atoms with van der Waals surface area (Å²) in [6.45, 7) is 4.29. The highest BCUT2D eigenvalue weighted by Gasteiger charge is 2.09. The molecule has 0 amide bonds. The predicted octanol–water partition coefficient (Wildman–Crippen LogP) is 1.57. The maximum Gasteiger partial charge on any atom is 0.165 e. The molecule has 0 heterocycles. The lowest BCUT2D eigenvalue weighted by molar-refractivity contribution is 0.285. The molecule has 0 aliphatic rings. The SMILES string of the molecule is CCOc1c(CNCCCO)cccc1OC. The van der Waals surface area contributed by atoms with E-state index in [1.54, 1.807) is 7.11 Å². The third-order valence-corrected chi connectivity index (χ3v) is 2.40. The number of ether oxygens (including phenoxy) is 2. The van der Waals surface area contributed by atoms with Crippen LogP contribution in [0.2, 0.25) is 0 Å². The molecule has 0 aliphatic heterocycles. The van der Waals surface area contributed by atoms with Crippen molar-refractivity contribution in [3.63, 3.8) is 0 Å². The van der Waals surface area contributed by atoms with Gasteiger partial charge in [-0.25, -0.2) is 0 Å².